The number of aliphatic imine (C=N–C) groups is 1. The highest BCUT2D eigenvalue weighted by molar-refractivity contribution is 9.10. The van der Waals surface area contributed by atoms with Crippen LogP contribution in [0.25, 0.3) is 0 Å². The maximum Gasteiger partial charge on any atom is 0.285 e. The summed E-state index contributed by atoms with van der Waals surface area (Å²) in [4.78, 5) is 4.63. The molecule has 0 aliphatic carbocycles. The minimum absolute atomic E-state index is 0.353. The average molecular weight is 412 g/mol. The van der Waals surface area contributed by atoms with Crippen molar-refractivity contribution in [3.05, 3.63) is 56.4 Å². The number of pyridine rings is 1. The van der Waals surface area contributed by atoms with Gasteiger partial charge in [-0.1, -0.05) is 11.6 Å². The monoisotopic (exact) mass is 410 g/mol. The molecule has 0 unspecified atom stereocenters. The Bertz CT molecular complexity index is 837. The van der Waals surface area contributed by atoms with Gasteiger partial charge >= 0.3 is 0 Å². The zero-order chi connectivity index (χ0) is 17.5. The van der Waals surface area contributed by atoms with Crippen LogP contribution in [0.1, 0.15) is 32.0 Å². The molecule has 1 aromatic carbocycles. The van der Waals surface area contributed by atoms with E-state index in [0.717, 1.165) is 4.73 Å². The van der Waals surface area contributed by atoms with Crippen molar-refractivity contribution in [3.63, 3.8) is 0 Å². The fourth-order valence-corrected chi connectivity index (χ4v) is 3.06. The van der Waals surface area contributed by atoms with Gasteiger partial charge in [0.2, 0.25) is 0 Å². The third kappa shape index (κ3) is 3.08. The van der Waals surface area contributed by atoms with Gasteiger partial charge in [-0.3, -0.25) is 0 Å². The highest BCUT2D eigenvalue weighted by atomic mass is 79.9. The normalized spacial score (nSPS) is 15.3. The maximum atomic E-state index is 12.5. The van der Waals surface area contributed by atoms with Crippen LogP contribution < -0.4 is 14.2 Å². The van der Waals surface area contributed by atoms with Crippen molar-refractivity contribution < 1.29 is 14.2 Å². The largest absolute Gasteiger partial charge is 0.618 e. The molecule has 5 nitrogen and oxygen atoms in total. The van der Waals surface area contributed by atoms with E-state index in [4.69, 9.17) is 21.1 Å². The second-order valence-electron chi connectivity index (χ2n) is 5.75. The summed E-state index contributed by atoms with van der Waals surface area (Å²) in [6, 6.07) is 6.92. The molecule has 24 heavy (non-hydrogen) atoms. The lowest BCUT2D eigenvalue weighted by Crippen LogP contribution is -2.40. The second kappa shape index (κ2) is 6.26. The van der Waals surface area contributed by atoms with Gasteiger partial charge in [-0.05, 0) is 48.8 Å². The topological polar surface area (TPSA) is 57.8 Å². The van der Waals surface area contributed by atoms with Gasteiger partial charge < -0.3 is 14.7 Å². The van der Waals surface area contributed by atoms with E-state index in [1.54, 1.807) is 24.3 Å². The summed E-state index contributed by atoms with van der Waals surface area (Å²) in [6.07, 6.45) is 1.42. The molecule has 2 aromatic rings. The Morgan fingerprint density at radius 2 is 2.17 bits per heavy atom. The number of halogens is 2. The van der Waals surface area contributed by atoms with Crippen molar-refractivity contribution in [1.82, 2.24) is 0 Å². The minimum atomic E-state index is -0.828. The quantitative estimate of drug-likeness (QED) is 0.564. The summed E-state index contributed by atoms with van der Waals surface area (Å²) in [5.74, 6) is 1.05. The molecule has 0 N–H and O–H groups in total. The molecule has 1 aliphatic rings. The molecule has 3 rings (SSSR count). The van der Waals surface area contributed by atoms with E-state index in [2.05, 4.69) is 20.9 Å². The Morgan fingerprint density at radius 1 is 1.42 bits per heavy atom. The molecule has 2 heterocycles. The van der Waals surface area contributed by atoms with E-state index < -0.39 is 5.72 Å². The van der Waals surface area contributed by atoms with Crippen molar-refractivity contribution in [2.75, 3.05) is 6.61 Å². The van der Waals surface area contributed by atoms with Crippen LogP contribution in [0, 0.1) is 5.21 Å². The predicted molar refractivity (Wildman–Crippen MR) is 96.1 cm³/mol. The molecule has 0 radical (unpaired) electrons. The van der Waals surface area contributed by atoms with E-state index >= 15 is 0 Å². The Labute approximate surface area is 153 Å². The van der Waals surface area contributed by atoms with Crippen molar-refractivity contribution in [1.29, 1.82) is 0 Å². The van der Waals surface area contributed by atoms with E-state index in [1.165, 1.54) is 6.20 Å². The summed E-state index contributed by atoms with van der Waals surface area (Å²) in [5.41, 5.74) is 0.720. The third-order valence-corrected chi connectivity index (χ3v) is 4.66. The van der Waals surface area contributed by atoms with Gasteiger partial charge in [-0.2, -0.15) is 4.73 Å². The van der Waals surface area contributed by atoms with Crippen LogP contribution in [0.2, 0.25) is 5.02 Å². The Hall–Kier alpha value is -1.79. The van der Waals surface area contributed by atoms with Crippen molar-refractivity contribution in [2.45, 2.75) is 26.5 Å². The lowest BCUT2D eigenvalue weighted by Gasteiger charge is -2.30. The van der Waals surface area contributed by atoms with Gasteiger partial charge in [0.05, 0.1) is 17.2 Å². The molecule has 0 fully saturated rings. The zero-order valence-corrected chi connectivity index (χ0v) is 15.8. The highest BCUT2D eigenvalue weighted by Crippen LogP contribution is 2.38. The van der Waals surface area contributed by atoms with Gasteiger partial charge in [-0.25, -0.2) is 4.99 Å². The van der Waals surface area contributed by atoms with E-state index in [0.29, 0.717) is 44.6 Å². The van der Waals surface area contributed by atoms with Crippen LogP contribution in [-0.4, -0.2) is 18.0 Å². The lowest BCUT2D eigenvalue weighted by atomic mass is 10.0. The second-order valence-corrected chi connectivity index (χ2v) is 7.01. The summed E-state index contributed by atoms with van der Waals surface area (Å²) < 4.78 is 13.0. The number of benzene rings is 1. The van der Waals surface area contributed by atoms with Crippen LogP contribution in [-0.2, 0) is 0 Å². The molecule has 0 bridgehead atoms. The molecular formula is C17H16BrClN2O3. The fraction of sp³-hybridized carbons (Fsp3) is 0.294. The Balaban J connectivity index is 2.28. The SMILES string of the molecule is CCOc1ccc[n+]([O-])c1C1=NC(C)(C)Oc2cc(Cl)c(Br)cc21. The maximum absolute atomic E-state index is 12.5. The molecule has 1 aliphatic heterocycles. The smallest absolute Gasteiger partial charge is 0.285 e. The summed E-state index contributed by atoms with van der Waals surface area (Å²) in [6.45, 7) is 5.96. The molecular weight excluding hydrogens is 396 g/mol. The van der Waals surface area contributed by atoms with Gasteiger partial charge in [0, 0.05) is 16.6 Å². The van der Waals surface area contributed by atoms with Crippen LogP contribution in [0.4, 0.5) is 0 Å². The molecule has 0 saturated heterocycles. The van der Waals surface area contributed by atoms with Crippen LogP contribution >= 0.6 is 27.5 Å². The Morgan fingerprint density at radius 3 is 2.88 bits per heavy atom. The van der Waals surface area contributed by atoms with Crippen molar-refractivity contribution in [3.8, 4) is 11.5 Å². The number of fused-ring (bicyclic) bond motifs is 1. The number of aromatic nitrogens is 1. The Kier molecular flexibility index (Phi) is 4.44. The average Bonchev–Trinajstić information content (AvgIpc) is 2.48. The zero-order valence-electron chi connectivity index (χ0n) is 13.5. The number of ether oxygens (including phenoxy) is 2. The number of rotatable bonds is 3. The van der Waals surface area contributed by atoms with Gasteiger partial charge in [0.15, 0.2) is 17.7 Å². The van der Waals surface area contributed by atoms with Crippen LogP contribution in [0.15, 0.2) is 39.9 Å². The van der Waals surface area contributed by atoms with E-state index in [1.807, 2.05) is 20.8 Å². The molecule has 0 atom stereocenters. The van der Waals surface area contributed by atoms with Gasteiger partial charge in [0.1, 0.15) is 11.5 Å². The summed E-state index contributed by atoms with van der Waals surface area (Å²) in [5, 5.41) is 13.0. The first kappa shape index (κ1) is 17.0. The minimum Gasteiger partial charge on any atom is -0.618 e. The molecule has 0 saturated carbocycles. The highest BCUT2D eigenvalue weighted by Gasteiger charge is 2.34. The van der Waals surface area contributed by atoms with Crippen molar-refractivity contribution in [2.24, 2.45) is 4.99 Å². The first-order valence-corrected chi connectivity index (χ1v) is 8.63. The van der Waals surface area contributed by atoms with Gasteiger partial charge in [-0.15, -0.1) is 0 Å². The van der Waals surface area contributed by atoms with Crippen molar-refractivity contribution >= 4 is 33.2 Å². The van der Waals surface area contributed by atoms with E-state index in [-0.39, 0.29) is 0 Å². The molecule has 0 amide bonds. The first-order valence-electron chi connectivity index (χ1n) is 7.46. The standard InChI is InChI=1S/C17H16BrClN2O3/c1-4-23-13-6-5-7-21(22)16(13)15-10-8-11(18)12(19)9-14(10)24-17(2,3)20-15/h5-9H,4H2,1-3H3. The first-order chi connectivity index (χ1) is 11.3. The van der Waals surface area contributed by atoms with Crippen LogP contribution in [0.5, 0.6) is 11.5 Å². The summed E-state index contributed by atoms with van der Waals surface area (Å²) in [7, 11) is 0. The predicted octanol–water partition coefficient (Wildman–Crippen LogP) is 4.10. The molecule has 1 aromatic heterocycles. The molecule has 0 spiro atoms. The summed E-state index contributed by atoms with van der Waals surface area (Å²) >= 11 is 9.60. The van der Waals surface area contributed by atoms with E-state index in [9.17, 15) is 5.21 Å². The molecule has 7 heteroatoms. The number of nitrogens with zero attached hydrogens (tertiary/aromatic N) is 2. The third-order valence-electron chi connectivity index (χ3n) is 3.47. The van der Waals surface area contributed by atoms with Gasteiger partial charge in [0.25, 0.3) is 5.69 Å². The lowest BCUT2D eigenvalue weighted by molar-refractivity contribution is -0.607. The number of hydrogen-bond acceptors (Lipinski definition) is 4. The van der Waals surface area contributed by atoms with Crippen LogP contribution in [0.3, 0.4) is 0 Å². The molecule has 126 valence electrons. The number of hydrogen-bond donors (Lipinski definition) is 0. The fourth-order valence-electron chi connectivity index (χ4n) is 2.56.